The van der Waals surface area contributed by atoms with Gasteiger partial charge in [0.25, 0.3) is 0 Å². The summed E-state index contributed by atoms with van der Waals surface area (Å²) in [6.45, 7) is 3.18. The highest BCUT2D eigenvalue weighted by Gasteiger charge is 2.46. The van der Waals surface area contributed by atoms with E-state index in [1.54, 1.807) is 18.1 Å². The van der Waals surface area contributed by atoms with Gasteiger partial charge < -0.3 is 15.4 Å². The zero-order valence-corrected chi connectivity index (χ0v) is 11.7. The number of ether oxygens (including phenoxy) is 1. The highest BCUT2D eigenvalue weighted by atomic mass is 16.6. The van der Waals surface area contributed by atoms with Gasteiger partial charge >= 0.3 is 6.09 Å². The van der Waals surface area contributed by atoms with Gasteiger partial charge in [-0.2, -0.15) is 0 Å². The summed E-state index contributed by atoms with van der Waals surface area (Å²) in [4.78, 5) is 19.7. The van der Waals surface area contributed by atoms with Crippen molar-refractivity contribution in [1.29, 1.82) is 0 Å². The Kier molecular flexibility index (Phi) is 3.25. The number of rotatable bonds is 2. The van der Waals surface area contributed by atoms with Crippen LogP contribution in [0.4, 0.5) is 10.6 Å². The van der Waals surface area contributed by atoms with Gasteiger partial charge in [0.2, 0.25) is 0 Å². The molecule has 2 fully saturated rings. The average Bonchev–Trinajstić information content (AvgIpc) is 2.67. The number of hydrogen-bond donors (Lipinski definition) is 1. The Bertz CT molecular complexity index is 522. The molecule has 1 aromatic rings. The zero-order chi connectivity index (χ0) is 14.2. The standard InChI is InChI=1S/C14H20N4O2/c1-17-9-14(20-13(17)19)5-3-7-18(10-14)8-11-4-2-6-16-12(11)15/h2,4,6H,3,5,7-10H2,1H3,(H2,15,16)/t14-/m1/s1. The smallest absolute Gasteiger partial charge is 0.410 e. The first-order valence-corrected chi connectivity index (χ1v) is 6.94. The first kappa shape index (κ1) is 13.2. The quantitative estimate of drug-likeness (QED) is 0.875. The number of pyridine rings is 1. The Morgan fingerprint density at radius 2 is 2.35 bits per heavy atom. The van der Waals surface area contributed by atoms with Crippen molar-refractivity contribution in [3.05, 3.63) is 23.9 Å². The maximum Gasteiger partial charge on any atom is 0.410 e. The molecule has 2 saturated heterocycles. The third-order valence-corrected chi connectivity index (χ3v) is 4.08. The lowest BCUT2D eigenvalue weighted by Gasteiger charge is -2.38. The Morgan fingerprint density at radius 1 is 1.50 bits per heavy atom. The minimum absolute atomic E-state index is 0.215. The lowest BCUT2D eigenvalue weighted by atomic mass is 9.92. The Labute approximate surface area is 118 Å². The Hall–Kier alpha value is -1.82. The molecule has 2 N–H and O–H groups in total. The third kappa shape index (κ3) is 2.43. The van der Waals surface area contributed by atoms with E-state index < -0.39 is 0 Å². The van der Waals surface area contributed by atoms with Crippen molar-refractivity contribution in [3.63, 3.8) is 0 Å². The normalized spacial score (nSPS) is 27.1. The van der Waals surface area contributed by atoms with Crippen molar-refractivity contribution >= 4 is 11.9 Å². The van der Waals surface area contributed by atoms with Gasteiger partial charge in [-0.15, -0.1) is 0 Å². The van der Waals surface area contributed by atoms with E-state index in [0.717, 1.165) is 38.0 Å². The Morgan fingerprint density at radius 3 is 3.05 bits per heavy atom. The average molecular weight is 276 g/mol. The van der Waals surface area contributed by atoms with Gasteiger partial charge in [-0.05, 0) is 25.5 Å². The molecule has 1 spiro atoms. The lowest BCUT2D eigenvalue weighted by Crippen LogP contribution is -2.50. The van der Waals surface area contributed by atoms with Crippen LogP contribution in [0.1, 0.15) is 18.4 Å². The van der Waals surface area contributed by atoms with Gasteiger partial charge in [-0.25, -0.2) is 9.78 Å². The molecule has 6 heteroatoms. The van der Waals surface area contributed by atoms with Crippen molar-refractivity contribution in [3.8, 4) is 0 Å². The summed E-state index contributed by atoms with van der Waals surface area (Å²) < 4.78 is 5.60. The van der Waals surface area contributed by atoms with E-state index in [2.05, 4.69) is 9.88 Å². The largest absolute Gasteiger partial charge is 0.440 e. The SMILES string of the molecule is CN1C[C@@]2(CCCN(Cc3cccnc3N)C2)OC1=O. The molecule has 2 aliphatic rings. The molecule has 0 unspecified atom stereocenters. The minimum atomic E-state index is -0.346. The van der Waals surface area contributed by atoms with E-state index in [9.17, 15) is 4.79 Å². The van der Waals surface area contributed by atoms with E-state index in [1.165, 1.54) is 0 Å². The van der Waals surface area contributed by atoms with Crippen LogP contribution in [0.15, 0.2) is 18.3 Å². The van der Waals surface area contributed by atoms with Crippen LogP contribution in [0.25, 0.3) is 0 Å². The number of likely N-dealkylation sites (N-methyl/N-ethyl adjacent to an activating group) is 1. The number of nitrogen functional groups attached to an aromatic ring is 1. The second-order valence-corrected chi connectivity index (χ2v) is 5.77. The van der Waals surface area contributed by atoms with Crippen LogP contribution in [0, 0.1) is 0 Å². The number of piperidine rings is 1. The molecule has 0 bridgehead atoms. The molecule has 1 atom stereocenters. The number of likely N-dealkylation sites (tertiary alicyclic amines) is 1. The predicted molar refractivity (Wildman–Crippen MR) is 75.0 cm³/mol. The molecule has 6 nitrogen and oxygen atoms in total. The molecular weight excluding hydrogens is 256 g/mol. The van der Waals surface area contributed by atoms with E-state index in [0.29, 0.717) is 12.4 Å². The summed E-state index contributed by atoms with van der Waals surface area (Å²) in [5.41, 5.74) is 6.58. The third-order valence-electron chi connectivity index (χ3n) is 4.08. The number of carbonyl (C=O) groups excluding carboxylic acids is 1. The van der Waals surface area contributed by atoms with Crippen LogP contribution in [-0.4, -0.2) is 53.2 Å². The summed E-state index contributed by atoms with van der Waals surface area (Å²) in [7, 11) is 1.79. The summed E-state index contributed by atoms with van der Waals surface area (Å²) in [5.74, 6) is 0.577. The second-order valence-electron chi connectivity index (χ2n) is 5.77. The molecule has 108 valence electrons. The molecule has 0 aromatic carbocycles. The number of anilines is 1. The molecule has 2 aliphatic heterocycles. The van der Waals surface area contributed by atoms with Crippen molar-refractivity contribution in [1.82, 2.24) is 14.8 Å². The monoisotopic (exact) mass is 276 g/mol. The van der Waals surface area contributed by atoms with Crippen molar-refractivity contribution in [2.45, 2.75) is 25.0 Å². The number of hydrogen-bond acceptors (Lipinski definition) is 5. The highest BCUT2D eigenvalue weighted by Crippen LogP contribution is 2.32. The first-order valence-electron chi connectivity index (χ1n) is 6.94. The summed E-state index contributed by atoms with van der Waals surface area (Å²) in [5, 5.41) is 0. The molecule has 0 aliphatic carbocycles. The molecule has 0 saturated carbocycles. The Balaban J connectivity index is 1.70. The summed E-state index contributed by atoms with van der Waals surface area (Å²) in [6, 6.07) is 3.89. The van der Waals surface area contributed by atoms with Crippen LogP contribution in [0.5, 0.6) is 0 Å². The molecule has 3 rings (SSSR count). The number of carbonyl (C=O) groups is 1. The number of nitrogens with two attached hydrogens (primary N) is 1. The first-order chi connectivity index (χ1) is 9.58. The lowest BCUT2D eigenvalue weighted by molar-refractivity contribution is -0.0113. The van der Waals surface area contributed by atoms with Gasteiger partial charge in [0.15, 0.2) is 0 Å². The van der Waals surface area contributed by atoms with E-state index >= 15 is 0 Å². The summed E-state index contributed by atoms with van der Waals surface area (Å²) in [6.07, 6.45) is 3.45. The zero-order valence-electron chi connectivity index (χ0n) is 11.7. The maximum absolute atomic E-state index is 11.6. The molecule has 0 radical (unpaired) electrons. The summed E-state index contributed by atoms with van der Waals surface area (Å²) >= 11 is 0. The van der Waals surface area contributed by atoms with Gasteiger partial charge in [0, 0.05) is 31.9 Å². The predicted octanol–water partition coefficient (Wildman–Crippen LogP) is 1.08. The van der Waals surface area contributed by atoms with Crippen LogP contribution < -0.4 is 5.73 Å². The minimum Gasteiger partial charge on any atom is -0.440 e. The fraction of sp³-hybridized carbons (Fsp3) is 0.571. The van der Waals surface area contributed by atoms with Gasteiger partial charge in [0.1, 0.15) is 11.4 Å². The molecule has 3 heterocycles. The van der Waals surface area contributed by atoms with E-state index in [-0.39, 0.29) is 11.7 Å². The van der Waals surface area contributed by atoms with Crippen LogP contribution >= 0.6 is 0 Å². The fourth-order valence-corrected chi connectivity index (χ4v) is 3.16. The van der Waals surface area contributed by atoms with E-state index in [4.69, 9.17) is 10.5 Å². The second kappa shape index (κ2) is 4.94. The topological polar surface area (TPSA) is 71.7 Å². The number of amides is 1. The highest BCUT2D eigenvalue weighted by molar-refractivity contribution is 5.70. The van der Waals surface area contributed by atoms with Crippen molar-refractivity contribution in [2.75, 3.05) is 32.4 Å². The molecule has 20 heavy (non-hydrogen) atoms. The molecule has 1 amide bonds. The maximum atomic E-state index is 11.6. The molecule has 1 aromatic heterocycles. The van der Waals surface area contributed by atoms with Gasteiger partial charge in [-0.1, -0.05) is 6.07 Å². The van der Waals surface area contributed by atoms with Crippen LogP contribution in [-0.2, 0) is 11.3 Å². The van der Waals surface area contributed by atoms with Crippen LogP contribution in [0.2, 0.25) is 0 Å². The van der Waals surface area contributed by atoms with E-state index in [1.807, 2.05) is 12.1 Å². The number of aromatic nitrogens is 1. The fourth-order valence-electron chi connectivity index (χ4n) is 3.16. The van der Waals surface area contributed by atoms with Gasteiger partial charge in [-0.3, -0.25) is 4.90 Å². The van der Waals surface area contributed by atoms with Crippen LogP contribution in [0.3, 0.4) is 0 Å². The van der Waals surface area contributed by atoms with Crippen molar-refractivity contribution in [2.24, 2.45) is 0 Å². The van der Waals surface area contributed by atoms with Gasteiger partial charge in [0.05, 0.1) is 6.54 Å². The molecular formula is C14H20N4O2. The number of nitrogens with zero attached hydrogens (tertiary/aromatic N) is 3. The van der Waals surface area contributed by atoms with Crippen molar-refractivity contribution < 1.29 is 9.53 Å².